The molecule has 2 aromatic rings. The van der Waals surface area contributed by atoms with Crippen molar-refractivity contribution in [2.45, 2.75) is 25.7 Å². The molecule has 3 rings (SSSR count). The Balaban J connectivity index is 2.24. The third kappa shape index (κ3) is 1.69. The summed E-state index contributed by atoms with van der Waals surface area (Å²) in [7, 11) is 1.64. The third-order valence-corrected chi connectivity index (χ3v) is 3.15. The Kier molecular flexibility index (Phi) is 2.18. The summed E-state index contributed by atoms with van der Waals surface area (Å²) in [6, 6.07) is 3.72. The van der Waals surface area contributed by atoms with Crippen molar-refractivity contribution in [1.29, 1.82) is 0 Å². The molecule has 4 heteroatoms. The smallest absolute Gasteiger partial charge is 0.222 e. The van der Waals surface area contributed by atoms with Gasteiger partial charge in [-0.1, -0.05) is 0 Å². The van der Waals surface area contributed by atoms with E-state index < -0.39 is 0 Å². The zero-order valence-electron chi connectivity index (χ0n) is 9.90. The number of hydrogen-bond acceptors (Lipinski definition) is 4. The summed E-state index contributed by atoms with van der Waals surface area (Å²) in [5.41, 5.74) is 1.72. The summed E-state index contributed by atoms with van der Waals surface area (Å²) >= 11 is 0. The molecule has 1 aliphatic rings. The van der Waals surface area contributed by atoms with Gasteiger partial charge in [-0.2, -0.15) is 4.98 Å². The van der Waals surface area contributed by atoms with Gasteiger partial charge in [0, 0.05) is 12.0 Å². The number of ether oxygens (including phenoxy) is 1. The predicted octanol–water partition coefficient (Wildman–Crippen LogP) is 2.53. The Morgan fingerprint density at radius 3 is 2.71 bits per heavy atom. The molecule has 1 fully saturated rings. The van der Waals surface area contributed by atoms with Crippen molar-refractivity contribution in [3.05, 3.63) is 23.5 Å². The lowest BCUT2D eigenvalue weighted by molar-refractivity contribution is 0.412. The van der Waals surface area contributed by atoms with E-state index in [1.165, 1.54) is 0 Å². The van der Waals surface area contributed by atoms with Crippen LogP contribution in [0.5, 0.6) is 11.6 Å². The summed E-state index contributed by atoms with van der Waals surface area (Å²) in [6.45, 7) is 1.94. The van der Waals surface area contributed by atoms with Crippen molar-refractivity contribution in [3.63, 3.8) is 0 Å². The Bertz CT molecular complexity index is 591. The molecule has 1 N–H and O–H groups in total. The van der Waals surface area contributed by atoms with Crippen molar-refractivity contribution >= 4 is 10.9 Å². The molecule has 0 saturated heterocycles. The van der Waals surface area contributed by atoms with Crippen molar-refractivity contribution < 1.29 is 9.84 Å². The molecule has 0 bridgehead atoms. The van der Waals surface area contributed by atoms with Crippen LogP contribution in [0, 0.1) is 6.92 Å². The van der Waals surface area contributed by atoms with Crippen LogP contribution in [0.2, 0.25) is 0 Å². The van der Waals surface area contributed by atoms with Gasteiger partial charge in [-0.25, -0.2) is 4.98 Å². The van der Waals surface area contributed by atoms with Crippen LogP contribution < -0.4 is 4.74 Å². The molecule has 0 amide bonds. The van der Waals surface area contributed by atoms with Gasteiger partial charge in [-0.3, -0.25) is 0 Å². The van der Waals surface area contributed by atoms with Gasteiger partial charge in [0.1, 0.15) is 11.6 Å². The van der Waals surface area contributed by atoms with Gasteiger partial charge < -0.3 is 9.84 Å². The topological polar surface area (TPSA) is 55.2 Å². The van der Waals surface area contributed by atoms with E-state index in [4.69, 9.17) is 4.74 Å². The molecule has 17 heavy (non-hydrogen) atoms. The quantitative estimate of drug-likeness (QED) is 0.861. The van der Waals surface area contributed by atoms with Crippen molar-refractivity contribution in [2.75, 3.05) is 7.11 Å². The first-order valence-electron chi connectivity index (χ1n) is 5.74. The minimum Gasteiger partial charge on any atom is -0.496 e. The van der Waals surface area contributed by atoms with Crippen molar-refractivity contribution in [2.24, 2.45) is 0 Å². The van der Waals surface area contributed by atoms with Crippen LogP contribution in [0.4, 0.5) is 0 Å². The van der Waals surface area contributed by atoms with E-state index in [2.05, 4.69) is 9.97 Å². The summed E-state index contributed by atoms with van der Waals surface area (Å²) < 4.78 is 5.27. The highest BCUT2D eigenvalue weighted by molar-refractivity contribution is 5.85. The lowest BCUT2D eigenvalue weighted by atomic mass is 10.1. The minimum atomic E-state index is 0.0719. The molecule has 0 spiro atoms. The number of aryl methyl sites for hydroxylation is 1. The lowest BCUT2D eigenvalue weighted by Gasteiger charge is -2.08. The Morgan fingerprint density at radius 2 is 2.06 bits per heavy atom. The van der Waals surface area contributed by atoms with Crippen LogP contribution in [-0.4, -0.2) is 22.2 Å². The van der Waals surface area contributed by atoms with E-state index in [9.17, 15) is 5.11 Å². The monoisotopic (exact) mass is 230 g/mol. The molecule has 1 saturated carbocycles. The van der Waals surface area contributed by atoms with Gasteiger partial charge in [-0.05, 0) is 31.4 Å². The lowest BCUT2D eigenvalue weighted by Crippen LogP contribution is -1.95. The number of benzene rings is 1. The number of hydrogen-bond donors (Lipinski definition) is 1. The van der Waals surface area contributed by atoms with Gasteiger partial charge in [0.05, 0.1) is 18.0 Å². The molecule has 4 nitrogen and oxygen atoms in total. The van der Waals surface area contributed by atoms with E-state index in [1.807, 2.05) is 19.1 Å². The second-order valence-electron chi connectivity index (χ2n) is 4.52. The maximum Gasteiger partial charge on any atom is 0.222 e. The summed E-state index contributed by atoms with van der Waals surface area (Å²) in [6.07, 6.45) is 2.24. The number of nitrogens with zero attached hydrogens (tertiary/aromatic N) is 2. The highest BCUT2D eigenvalue weighted by Gasteiger charge is 2.27. The van der Waals surface area contributed by atoms with Gasteiger partial charge in [-0.15, -0.1) is 0 Å². The molecule has 1 aromatic heterocycles. The van der Waals surface area contributed by atoms with Crippen LogP contribution >= 0.6 is 0 Å². The predicted molar refractivity (Wildman–Crippen MR) is 64.5 cm³/mol. The van der Waals surface area contributed by atoms with Crippen LogP contribution in [0.15, 0.2) is 12.1 Å². The van der Waals surface area contributed by atoms with Gasteiger partial charge >= 0.3 is 0 Å². The average molecular weight is 230 g/mol. The standard InChI is InChI=1S/C13H14N2O2/c1-7-5-9-10(6-11(7)17-2)14-12(8-3-4-8)15-13(9)16/h5-6,8H,3-4H2,1-2H3,(H,14,15,16). The van der Waals surface area contributed by atoms with E-state index in [1.54, 1.807) is 7.11 Å². The first-order valence-corrected chi connectivity index (χ1v) is 5.74. The fraction of sp³-hybridized carbons (Fsp3) is 0.385. The van der Waals surface area contributed by atoms with Crippen LogP contribution in [-0.2, 0) is 0 Å². The first kappa shape index (κ1) is 10.3. The number of methoxy groups -OCH3 is 1. The molecule has 0 aliphatic heterocycles. The Morgan fingerprint density at radius 1 is 1.29 bits per heavy atom. The van der Waals surface area contributed by atoms with Gasteiger partial charge in [0.2, 0.25) is 5.88 Å². The van der Waals surface area contributed by atoms with E-state index >= 15 is 0 Å². The average Bonchev–Trinajstić information content (AvgIpc) is 3.13. The van der Waals surface area contributed by atoms with Crippen LogP contribution in [0.25, 0.3) is 10.9 Å². The maximum atomic E-state index is 9.92. The number of aromatic hydroxyl groups is 1. The molecule has 88 valence electrons. The van der Waals surface area contributed by atoms with Crippen LogP contribution in [0.1, 0.15) is 30.1 Å². The molecule has 1 aromatic carbocycles. The maximum absolute atomic E-state index is 9.92. The van der Waals surface area contributed by atoms with Crippen molar-refractivity contribution in [1.82, 2.24) is 9.97 Å². The highest BCUT2D eigenvalue weighted by atomic mass is 16.5. The highest BCUT2D eigenvalue weighted by Crippen LogP contribution is 2.40. The Labute approximate surface area is 99.3 Å². The van der Waals surface area contributed by atoms with Gasteiger partial charge in [0.25, 0.3) is 0 Å². The third-order valence-electron chi connectivity index (χ3n) is 3.15. The van der Waals surface area contributed by atoms with Gasteiger partial charge in [0.15, 0.2) is 0 Å². The molecule has 1 heterocycles. The summed E-state index contributed by atoms with van der Waals surface area (Å²) in [4.78, 5) is 8.66. The number of rotatable bonds is 2. The fourth-order valence-corrected chi connectivity index (χ4v) is 2.01. The SMILES string of the molecule is COc1cc2nc(C3CC3)nc(O)c2cc1C. The summed E-state index contributed by atoms with van der Waals surface area (Å²) in [5, 5.41) is 10.6. The molecule has 0 radical (unpaired) electrons. The Hall–Kier alpha value is -1.84. The van der Waals surface area contributed by atoms with E-state index in [-0.39, 0.29) is 5.88 Å². The molecule has 1 aliphatic carbocycles. The van der Waals surface area contributed by atoms with Crippen LogP contribution in [0.3, 0.4) is 0 Å². The zero-order chi connectivity index (χ0) is 12.0. The normalized spacial score (nSPS) is 15.2. The minimum absolute atomic E-state index is 0.0719. The number of aromatic nitrogens is 2. The van der Waals surface area contributed by atoms with Crippen molar-refractivity contribution in [3.8, 4) is 11.6 Å². The number of fused-ring (bicyclic) bond motifs is 1. The molecule has 0 atom stereocenters. The molecule has 0 unspecified atom stereocenters. The summed E-state index contributed by atoms with van der Waals surface area (Å²) in [5.74, 6) is 2.04. The second-order valence-corrected chi connectivity index (χ2v) is 4.52. The van der Waals surface area contributed by atoms with E-state index in [0.717, 1.165) is 35.5 Å². The first-order chi connectivity index (χ1) is 8.19. The molecular weight excluding hydrogens is 216 g/mol. The zero-order valence-corrected chi connectivity index (χ0v) is 9.90. The molecular formula is C13H14N2O2. The largest absolute Gasteiger partial charge is 0.496 e. The van der Waals surface area contributed by atoms with E-state index in [0.29, 0.717) is 11.3 Å². The fourth-order valence-electron chi connectivity index (χ4n) is 2.01. The second kappa shape index (κ2) is 3.58.